The number of hydrogen-bond donors (Lipinski definition) is 1. The van der Waals surface area contributed by atoms with Gasteiger partial charge in [-0.2, -0.15) is 0 Å². The lowest BCUT2D eigenvalue weighted by molar-refractivity contribution is 0.0942. The molecule has 0 aromatic heterocycles. The number of ether oxygens (including phenoxy) is 1. The number of hydrogen-bond acceptors (Lipinski definition) is 2. The summed E-state index contributed by atoms with van der Waals surface area (Å²) in [6.07, 6.45) is 0. The molecule has 3 rings (SSSR count). The number of methoxy groups -OCH3 is 1. The highest BCUT2D eigenvalue weighted by Gasteiger charge is 2.18. The summed E-state index contributed by atoms with van der Waals surface area (Å²) in [7, 11) is 1.61. The molecule has 3 nitrogen and oxygen atoms in total. The van der Waals surface area contributed by atoms with Crippen LogP contribution in [0.25, 0.3) is 0 Å². The fraction of sp³-hybridized carbons (Fsp3) is 0.136. The van der Waals surface area contributed by atoms with E-state index >= 15 is 0 Å². The minimum Gasteiger partial charge on any atom is -0.496 e. The van der Waals surface area contributed by atoms with Gasteiger partial charge in [-0.05, 0) is 35.7 Å². The first-order valence-corrected chi connectivity index (χ1v) is 8.24. The SMILES string of the molecule is COc1cc(C(=O)NC(c2ccccc2)c2ccccc2)ccc1C. The van der Waals surface area contributed by atoms with E-state index in [0.29, 0.717) is 11.3 Å². The van der Waals surface area contributed by atoms with Gasteiger partial charge < -0.3 is 10.1 Å². The first-order valence-electron chi connectivity index (χ1n) is 8.24. The minimum atomic E-state index is -0.206. The lowest BCUT2D eigenvalue weighted by Crippen LogP contribution is -2.29. The van der Waals surface area contributed by atoms with E-state index < -0.39 is 0 Å². The number of carbonyl (C=O) groups excluding carboxylic acids is 1. The molecule has 0 radical (unpaired) electrons. The lowest BCUT2D eigenvalue weighted by Gasteiger charge is -2.20. The second-order valence-electron chi connectivity index (χ2n) is 5.91. The van der Waals surface area contributed by atoms with Gasteiger partial charge in [0, 0.05) is 5.56 Å². The average Bonchev–Trinajstić information content (AvgIpc) is 2.67. The van der Waals surface area contributed by atoms with E-state index in [4.69, 9.17) is 4.74 Å². The highest BCUT2D eigenvalue weighted by molar-refractivity contribution is 5.95. The van der Waals surface area contributed by atoms with Crippen molar-refractivity contribution < 1.29 is 9.53 Å². The first kappa shape index (κ1) is 16.8. The fourth-order valence-corrected chi connectivity index (χ4v) is 2.83. The predicted octanol–water partition coefficient (Wildman–Crippen LogP) is 4.52. The van der Waals surface area contributed by atoms with Crippen LogP contribution in [0, 0.1) is 6.92 Å². The summed E-state index contributed by atoms with van der Waals surface area (Å²) in [5.74, 6) is 0.583. The van der Waals surface area contributed by atoms with Gasteiger partial charge >= 0.3 is 0 Å². The molecule has 0 aliphatic heterocycles. The monoisotopic (exact) mass is 331 g/mol. The van der Waals surface area contributed by atoms with Gasteiger partial charge in [-0.25, -0.2) is 0 Å². The van der Waals surface area contributed by atoms with Gasteiger partial charge in [0.15, 0.2) is 0 Å². The molecule has 0 saturated heterocycles. The summed E-state index contributed by atoms with van der Waals surface area (Å²) in [6, 6.07) is 25.2. The Hall–Kier alpha value is -3.07. The quantitative estimate of drug-likeness (QED) is 0.746. The van der Waals surface area contributed by atoms with Crippen LogP contribution in [-0.2, 0) is 0 Å². The van der Waals surface area contributed by atoms with Crippen LogP contribution in [0.1, 0.15) is 33.1 Å². The van der Waals surface area contributed by atoms with Crippen molar-refractivity contribution in [2.24, 2.45) is 0 Å². The molecule has 1 amide bonds. The van der Waals surface area contributed by atoms with Crippen LogP contribution < -0.4 is 10.1 Å². The van der Waals surface area contributed by atoms with Crippen molar-refractivity contribution in [3.63, 3.8) is 0 Å². The Balaban J connectivity index is 1.92. The van der Waals surface area contributed by atoms with Crippen LogP contribution in [0.5, 0.6) is 5.75 Å². The number of rotatable bonds is 5. The maximum atomic E-state index is 12.8. The predicted molar refractivity (Wildman–Crippen MR) is 99.9 cm³/mol. The van der Waals surface area contributed by atoms with E-state index in [1.165, 1.54) is 0 Å². The first-order chi connectivity index (χ1) is 12.2. The highest BCUT2D eigenvalue weighted by Crippen LogP contribution is 2.24. The van der Waals surface area contributed by atoms with E-state index in [-0.39, 0.29) is 11.9 Å². The van der Waals surface area contributed by atoms with Crippen molar-refractivity contribution in [2.75, 3.05) is 7.11 Å². The molecular weight excluding hydrogens is 310 g/mol. The van der Waals surface area contributed by atoms with Crippen molar-refractivity contribution in [3.8, 4) is 5.75 Å². The Bertz CT molecular complexity index is 805. The number of amides is 1. The number of carbonyl (C=O) groups is 1. The van der Waals surface area contributed by atoms with E-state index in [0.717, 1.165) is 16.7 Å². The Morgan fingerprint density at radius 3 is 1.96 bits per heavy atom. The zero-order valence-electron chi connectivity index (χ0n) is 14.4. The Morgan fingerprint density at radius 1 is 0.880 bits per heavy atom. The molecule has 0 bridgehead atoms. The standard InChI is InChI=1S/C22H21NO2/c1-16-13-14-19(15-20(16)25-2)22(24)23-21(17-9-5-3-6-10-17)18-11-7-4-8-12-18/h3-15,21H,1-2H3,(H,23,24). The normalized spacial score (nSPS) is 10.5. The van der Waals surface area contributed by atoms with Crippen molar-refractivity contribution >= 4 is 5.91 Å². The molecule has 126 valence electrons. The lowest BCUT2D eigenvalue weighted by atomic mass is 9.98. The van der Waals surface area contributed by atoms with Crippen LogP contribution in [0.2, 0.25) is 0 Å². The van der Waals surface area contributed by atoms with Crippen LogP contribution in [0.3, 0.4) is 0 Å². The summed E-state index contributed by atoms with van der Waals surface area (Å²) < 4.78 is 5.33. The number of aryl methyl sites for hydroxylation is 1. The number of nitrogens with one attached hydrogen (secondary N) is 1. The molecule has 0 aliphatic carbocycles. The summed E-state index contributed by atoms with van der Waals surface area (Å²) in [5.41, 5.74) is 3.67. The minimum absolute atomic E-state index is 0.129. The summed E-state index contributed by atoms with van der Waals surface area (Å²) in [4.78, 5) is 12.8. The largest absolute Gasteiger partial charge is 0.496 e. The van der Waals surface area contributed by atoms with Crippen LogP contribution in [0.15, 0.2) is 78.9 Å². The van der Waals surface area contributed by atoms with E-state index in [1.54, 1.807) is 13.2 Å². The van der Waals surface area contributed by atoms with Crippen molar-refractivity contribution in [2.45, 2.75) is 13.0 Å². The van der Waals surface area contributed by atoms with Crippen LogP contribution in [-0.4, -0.2) is 13.0 Å². The summed E-state index contributed by atoms with van der Waals surface area (Å²) in [5, 5.41) is 3.14. The molecular formula is C22H21NO2. The molecule has 0 spiro atoms. The summed E-state index contributed by atoms with van der Waals surface area (Å²) in [6.45, 7) is 1.96. The maximum absolute atomic E-state index is 12.8. The molecule has 0 atom stereocenters. The second-order valence-corrected chi connectivity index (χ2v) is 5.91. The second kappa shape index (κ2) is 7.67. The third-order valence-electron chi connectivity index (χ3n) is 4.21. The molecule has 3 heteroatoms. The fourth-order valence-electron chi connectivity index (χ4n) is 2.83. The van der Waals surface area contributed by atoms with Gasteiger partial charge in [-0.15, -0.1) is 0 Å². The molecule has 0 unspecified atom stereocenters. The van der Waals surface area contributed by atoms with E-state index in [2.05, 4.69) is 5.32 Å². The molecule has 0 saturated carbocycles. The van der Waals surface area contributed by atoms with Gasteiger partial charge in [0.2, 0.25) is 0 Å². The molecule has 0 aliphatic rings. The third kappa shape index (κ3) is 3.89. The van der Waals surface area contributed by atoms with Gasteiger partial charge in [-0.3, -0.25) is 4.79 Å². The zero-order chi connectivity index (χ0) is 17.6. The topological polar surface area (TPSA) is 38.3 Å². The maximum Gasteiger partial charge on any atom is 0.252 e. The highest BCUT2D eigenvalue weighted by atomic mass is 16.5. The Kier molecular flexibility index (Phi) is 5.14. The molecule has 1 N–H and O–H groups in total. The number of benzene rings is 3. The molecule has 25 heavy (non-hydrogen) atoms. The van der Waals surface area contributed by atoms with Crippen LogP contribution >= 0.6 is 0 Å². The zero-order valence-corrected chi connectivity index (χ0v) is 14.4. The van der Waals surface area contributed by atoms with E-state index in [9.17, 15) is 4.79 Å². The smallest absolute Gasteiger partial charge is 0.252 e. The van der Waals surface area contributed by atoms with Crippen molar-refractivity contribution in [1.29, 1.82) is 0 Å². The van der Waals surface area contributed by atoms with Crippen molar-refractivity contribution in [1.82, 2.24) is 5.32 Å². The molecule has 0 fully saturated rings. The summed E-state index contributed by atoms with van der Waals surface area (Å²) >= 11 is 0. The Labute approximate surface area is 148 Å². The van der Waals surface area contributed by atoms with Gasteiger partial charge in [-0.1, -0.05) is 66.7 Å². The Morgan fingerprint density at radius 2 is 1.44 bits per heavy atom. The molecule has 3 aromatic rings. The molecule has 0 heterocycles. The van der Waals surface area contributed by atoms with Crippen LogP contribution in [0.4, 0.5) is 0 Å². The third-order valence-corrected chi connectivity index (χ3v) is 4.21. The van der Waals surface area contributed by atoms with Gasteiger partial charge in [0.05, 0.1) is 13.2 Å². The van der Waals surface area contributed by atoms with E-state index in [1.807, 2.05) is 79.7 Å². The average molecular weight is 331 g/mol. The molecule has 3 aromatic carbocycles. The van der Waals surface area contributed by atoms with Gasteiger partial charge in [0.25, 0.3) is 5.91 Å². The van der Waals surface area contributed by atoms with Gasteiger partial charge in [0.1, 0.15) is 5.75 Å². The van der Waals surface area contributed by atoms with Crippen molar-refractivity contribution in [3.05, 3.63) is 101 Å².